The molecule has 0 saturated heterocycles. The lowest BCUT2D eigenvalue weighted by atomic mass is 10.5. The lowest BCUT2D eigenvalue weighted by Gasteiger charge is -2.20. The molecule has 0 heterocycles. The van der Waals surface area contributed by atoms with E-state index in [9.17, 15) is 4.79 Å². The highest BCUT2D eigenvalue weighted by Crippen LogP contribution is 2.09. The molecule has 0 aromatic heterocycles. The molecule has 0 aromatic carbocycles. The second kappa shape index (κ2) is 5.45. The Labute approximate surface area is 74.7 Å². The number of carbonyl (C=O) groups excluding carboxylic acids is 1. The summed E-state index contributed by atoms with van der Waals surface area (Å²) in [4.78, 5) is 10.9. The predicted molar refractivity (Wildman–Crippen MR) is 50.9 cm³/mol. The second-order valence-corrected chi connectivity index (χ2v) is 8.65. The summed E-state index contributed by atoms with van der Waals surface area (Å²) in [5.41, 5.74) is 0. The molecule has 0 bridgehead atoms. The van der Waals surface area contributed by atoms with Gasteiger partial charge < -0.3 is 9.84 Å². The van der Waals surface area contributed by atoms with Crippen molar-refractivity contribution in [3.8, 4) is 0 Å². The van der Waals surface area contributed by atoms with Crippen LogP contribution in [-0.4, -0.2) is 38.4 Å². The van der Waals surface area contributed by atoms with Gasteiger partial charge in [0, 0.05) is 18.9 Å². The van der Waals surface area contributed by atoms with Crippen molar-refractivity contribution in [2.45, 2.75) is 26.1 Å². The Morgan fingerprint density at radius 1 is 1.50 bits per heavy atom. The Bertz CT molecular complexity index is 145. The van der Waals surface area contributed by atoms with Crippen LogP contribution in [0.15, 0.2) is 0 Å². The van der Waals surface area contributed by atoms with Gasteiger partial charge in [-0.1, -0.05) is 13.1 Å². The SMILES string of the molecule is CCOC[Si](C)(C)CC(=O)CO. The first-order valence-corrected chi connectivity index (χ1v) is 7.63. The Hall–Kier alpha value is -0.193. The molecule has 4 heteroatoms. The van der Waals surface area contributed by atoms with Gasteiger partial charge in [0.15, 0.2) is 5.78 Å². The van der Waals surface area contributed by atoms with Crippen molar-refractivity contribution in [1.82, 2.24) is 0 Å². The maximum atomic E-state index is 10.9. The summed E-state index contributed by atoms with van der Waals surface area (Å²) < 4.78 is 5.27. The van der Waals surface area contributed by atoms with Crippen LogP contribution in [0.4, 0.5) is 0 Å². The van der Waals surface area contributed by atoms with Crippen LogP contribution in [0.3, 0.4) is 0 Å². The fraction of sp³-hybridized carbons (Fsp3) is 0.875. The van der Waals surface area contributed by atoms with Crippen LogP contribution in [0.1, 0.15) is 6.92 Å². The first-order chi connectivity index (χ1) is 5.52. The van der Waals surface area contributed by atoms with E-state index < -0.39 is 8.07 Å². The van der Waals surface area contributed by atoms with E-state index in [1.165, 1.54) is 0 Å². The highest BCUT2D eigenvalue weighted by atomic mass is 28.3. The Kier molecular flexibility index (Phi) is 5.36. The quantitative estimate of drug-likeness (QED) is 0.631. The zero-order valence-corrected chi connectivity index (χ0v) is 9.09. The molecule has 0 aliphatic carbocycles. The maximum Gasteiger partial charge on any atom is 0.155 e. The molecule has 0 fully saturated rings. The van der Waals surface area contributed by atoms with Gasteiger partial charge in [0.05, 0.1) is 8.07 Å². The van der Waals surface area contributed by atoms with E-state index in [4.69, 9.17) is 9.84 Å². The largest absolute Gasteiger partial charge is 0.389 e. The fourth-order valence-electron chi connectivity index (χ4n) is 1.02. The number of rotatable bonds is 6. The van der Waals surface area contributed by atoms with Crippen molar-refractivity contribution in [3.05, 3.63) is 0 Å². The second-order valence-electron chi connectivity index (χ2n) is 3.67. The van der Waals surface area contributed by atoms with Gasteiger partial charge in [-0.2, -0.15) is 0 Å². The number of aliphatic hydroxyl groups excluding tert-OH is 1. The van der Waals surface area contributed by atoms with Crippen LogP contribution in [0.5, 0.6) is 0 Å². The molecular weight excluding hydrogens is 172 g/mol. The molecule has 72 valence electrons. The minimum atomic E-state index is -1.54. The Balaban J connectivity index is 3.77. The minimum Gasteiger partial charge on any atom is -0.389 e. The molecule has 0 saturated carbocycles. The zero-order chi connectivity index (χ0) is 9.61. The summed E-state index contributed by atoms with van der Waals surface area (Å²) in [6.07, 6.45) is 0.704. The molecule has 0 atom stereocenters. The van der Waals surface area contributed by atoms with Crippen molar-refractivity contribution in [3.63, 3.8) is 0 Å². The van der Waals surface area contributed by atoms with Gasteiger partial charge in [-0.05, 0) is 6.92 Å². The highest BCUT2D eigenvalue weighted by Gasteiger charge is 2.24. The van der Waals surface area contributed by atoms with Gasteiger partial charge in [-0.15, -0.1) is 0 Å². The van der Waals surface area contributed by atoms with E-state index in [0.29, 0.717) is 18.9 Å². The topological polar surface area (TPSA) is 46.5 Å². The third kappa shape index (κ3) is 5.46. The van der Waals surface area contributed by atoms with Gasteiger partial charge in [0.25, 0.3) is 0 Å². The monoisotopic (exact) mass is 190 g/mol. The van der Waals surface area contributed by atoms with Gasteiger partial charge in [-0.3, -0.25) is 4.79 Å². The van der Waals surface area contributed by atoms with E-state index in [0.717, 1.165) is 0 Å². The molecule has 0 unspecified atom stereocenters. The molecule has 0 amide bonds. The van der Waals surface area contributed by atoms with E-state index >= 15 is 0 Å². The van der Waals surface area contributed by atoms with Gasteiger partial charge >= 0.3 is 0 Å². The molecule has 0 aromatic rings. The fourth-order valence-corrected chi connectivity index (χ4v) is 3.06. The Morgan fingerprint density at radius 2 is 2.08 bits per heavy atom. The van der Waals surface area contributed by atoms with E-state index in [1.54, 1.807) is 0 Å². The van der Waals surface area contributed by atoms with Crippen LogP contribution in [0, 0.1) is 0 Å². The van der Waals surface area contributed by atoms with Crippen LogP contribution < -0.4 is 0 Å². The highest BCUT2D eigenvalue weighted by molar-refractivity contribution is 6.80. The first kappa shape index (κ1) is 11.8. The predicted octanol–water partition coefficient (Wildman–Crippen LogP) is 0.832. The van der Waals surface area contributed by atoms with Gasteiger partial charge in [0.1, 0.15) is 6.61 Å². The number of aliphatic hydroxyl groups is 1. The molecule has 1 N–H and O–H groups in total. The third-order valence-corrected chi connectivity index (χ3v) is 3.89. The van der Waals surface area contributed by atoms with Gasteiger partial charge in [0.2, 0.25) is 0 Å². The average Bonchev–Trinajstić information content (AvgIpc) is 2.00. The molecule has 0 spiro atoms. The number of ketones is 1. The number of ether oxygens (including phenoxy) is 1. The first-order valence-electron chi connectivity index (χ1n) is 4.22. The van der Waals surface area contributed by atoms with E-state index in [1.807, 2.05) is 6.92 Å². The van der Waals surface area contributed by atoms with Crippen LogP contribution in [-0.2, 0) is 9.53 Å². The number of hydrogen-bond donors (Lipinski definition) is 1. The molecule has 0 radical (unpaired) electrons. The summed E-state index contributed by atoms with van der Waals surface area (Å²) in [6.45, 7) is 6.50. The standard InChI is InChI=1S/C8H18O3Si/c1-4-11-7-12(2,3)6-8(10)5-9/h9H,4-7H2,1-3H3. The van der Waals surface area contributed by atoms with Crippen molar-refractivity contribution >= 4 is 13.9 Å². The van der Waals surface area contributed by atoms with Crippen LogP contribution >= 0.6 is 0 Å². The normalized spacial score (nSPS) is 11.7. The molecule has 12 heavy (non-hydrogen) atoms. The van der Waals surface area contributed by atoms with Crippen molar-refractivity contribution < 1.29 is 14.6 Å². The van der Waals surface area contributed by atoms with Crippen molar-refractivity contribution in [2.24, 2.45) is 0 Å². The summed E-state index contributed by atoms with van der Waals surface area (Å²) in [5.74, 6) is -0.0635. The smallest absolute Gasteiger partial charge is 0.155 e. The van der Waals surface area contributed by atoms with E-state index in [-0.39, 0.29) is 12.4 Å². The lowest BCUT2D eigenvalue weighted by molar-refractivity contribution is -0.119. The lowest BCUT2D eigenvalue weighted by Crippen LogP contribution is -2.36. The Morgan fingerprint density at radius 3 is 2.50 bits per heavy atom. The van der Waals surface area contributed by atoms with E-state index in [2.05, 4.69) is 13.1 Å². The third-order valence-electron chi connectivity index (χ3n) is 1.55. The number of carbonyl (C=O) groups is 1. The average molecular weight is 190 g/mol. The molecule has 0 aliphatic rings. The number of Topliss-reactive ketones (excluding diaryl/α,β-unsaturated/α-hetero) is 1. The van der Waals surface area contributed by atoms with Crippen molar-refractivity contribution in [1.29, 1.82) is 0 Å². The molecule has 0 aliphatic heterocycles. The zero-order valence-electron chi connectivity index (χ0n) is 8.09. The minimum absolute atomic E-state index is 0.0635. The number of hydrogen-bond acceptors (Lipinski definition) is 3. The summed E-state index contributed by atoms with van der Waals surface area (Å²) in [7, 11) is -1.54. The van der Waals surface area contributed by atoms with Gasteiger partial charge in [-0.25, -0.2) is 0 Å². The summed E-state index contributed by atoms with van der Waals surface area (Å²) in [6, 6.07) is 0.517. The van der Waals surface area contributed by atoms with Crippen molar-refractivity contribution in [2.75, 3.05) is 19.4 Å². The molecule has 3 nitrogen and oxygen atoms in total. The van der Waals surface area contributed by atoms with Crippen LogP contribution in [0.2, 0.25) is 19.1 Å². The maximum absolute atomic E-state index is 10.9. The molecular formula is C8H18O3Si. The molecule has 0 rings (SSSR count). The summed E-state index contributed by atoms with van der Waals surface area (Å²) in [5, 5.41) is 8.56. The van der Waals surface area contributed by atoms with Crippen LogP contribution in [0.25, 0.3) is 0 Å². The summed E-state index contributed by atoms with van der Waals surface area (Å²) >= 11 is 0.